The Morgan fingerprint density at radius 2 is 2.05 bits per heavy atom. The molecule has 22 heavy (non-hydrogen) atoms. The van der Waals surface area contributed by atoms with Gasteiger partial charge in [0.1, 0.15) is 0 Å². The number of imidazole rings is 1. The molecule has 0 spiro atoms. The second kappa shape index (κ2) is 5.24. The lowest BCUT2D eigenvalue weighted by Crippen LogP contribution is -2.13. The predicted molar refractivity (Wildman–Crippen MR) is 77.1 cm³/mol. The normalized spacial score (nSPS) is 10.6. The van der Waals surface area contributed by atoms with Crippen LogP contribution in [0.4, 0.5) is 16.0 Å². The summed E-state index contributed by atoms with van der Waals surface area (Å²) in [4.78, 5) is 28.9. The van der Waals surface area contributed by atoms with E-state index in [4.69, 9.17) is 0 Å². The van der Waals surface area contributed by atoms with Gasteiger partial charge in [0.25, 0.3) is 5.91 Å². The van der Waals surface area contributed by atoms with Gasteiger partial charge in [0.05, 0.1) is 16.0 Å². The molecule has 8 heteroatoms. The molecule has 0 fully saturated rings. The van der Waals surface area contributed by atoms with Crippen molar-refractivity contribution in [2.45, 2.75) is 0 Å². The molecule has 0 unspecified atom stereocenters. The quantitative estimate of drug-likeness (QED) is 0.573. The minimum absolute atomic E-state index is 0.0337. The van der Waals surface area contributed by atoms with E-state index < -0.39 is 22.3 Å². The highest BCUT2D eigenvalue weighted by Gasteiger charge is 2.18. The van der Waals surface area contributed by atoms with Gasteiger partial charge in [-0.1, -0.05) is 12.1 Å². The molecule has 2 N–H and O–H groups in total. The van der Waals surface area contributed by atoms with Gasteiger partial charge in [-0.05, 0) is 24.3 Å². The number of nitro benzene ring substituents is 1. The molecule has 0 radical (unpaired) electrons. The molecule has 0 bridgehead atoms. The van der Waals surface area contributed by atoms with E-state index in [9.17, 15) is 19.3 Å². The summed E-state index contributed by atoms with van der Waals surface area (Å²) in [7, 11) is 0. The molecule has 2 aromatic carbocycles. The molecule has 0 aliphatic carbocycles. The van der Waals surface area contributed by atoms with E-state index >= 15 is 0 Å². The fourth-order valence-corrected chi connectivity index (χ4v) is 1.99. The first-order valence-corrected chi connectivity index (χ1v) is 6.24. The number of benzene rings is 2. The van der Waals surface area contributed by atoms with Crippen molar-refractivity contribution >= 4 is 28.6 Å². The van der Waals surface area contributed by atoms with E-state index in [2.05, 4.69) is 15.3 Å². The SMILES string of the molecule is O=C(Nc1nc2ccccc2[nH]1)c1ccc(F)c([N+](=O)[O-])c1. The van der Waals surface area contributed by atoms with Crippen LogP contribution in [0.1, 0.15) is 10.4 Å². The maximum absolute atomic E-state index is 13.3. The van der Waals surface area contributed by atoms with Crippen LogP contribution in [0.15, 0.2) is 42.5 Å². The Bertz CT molecular complexity index is 858. The molecule has 3 rings (SSSR count). The van der Waals surface area contributed by atoms with E-state index in [1.54, 1.807) is 18.2 Å². The topological polar surface area (TPSA) is 101 Å². The van der Waals surface area contributed by atoms with Crippen molar-refractivity contribution in [3.63, 3.8) is 0 Å². The number of amides is 1. The van der Waals surface area contributed by atoms with Crippen molar-refractivity contribution in [1.29, 1.82) is 0 Å². The average molecular weight is 300 g/mol. The Morgan fingerprint density at radius 1 is 1.27 bits per heavy atom. The van der Waals surface area contributed by atoms with Crippen molar-refractivity contribution in [2.75, 3.05) is 5.32 Å². The largest absolute Gasteiger partial charge is 0.324 e. The third kappa shape index (κ3) is 2.49. The molecule has 0 saturated heterocycles. The fraction of sp³-hybridized carbons (Fsp3) is 0. The van der Waals surface area contributed by atoms with Crippen molar-refractivity contribution in [3.05, 3.63) is 64.0 Å². The first kappa shape index (κ1) is 13.7. The van der Waals surface area contributed by atoms with Crippen LogP contribution in [-0.4, -0.2) is 20.8 Å². The van der Waals surface area contributed by atoms with Gasteiger partial charge in [-0.25, -0.2) is 4.98 Å². The monoisotopic (exact) mass is 300 g/mol. The number of carbonyl (C=O) groups is 1. The molecule has 0 saturated carbocycles. The number of nitro groups is 1. The first-order valence-electron chi connectivity index (χ1n) is 6.24. The lowest BCUT2D eigenvalue weighted by Gasteiger charge is -2.02. The summed E-state index contributed by atoms with van der Waals surface area (Å²) in [5.41, 5.74) is 0.622. The molecule has 0 atom stereocenters. The number of anilines is 1. The number of carbonyl (C=O) groups excluding carboxylic acids is 1. The lowest BCUT2D eigenvalue weighted by molar-refractivity contribution is -0.387. The van der Waals surface area contributed by atoms with Crippen LogP contribution in [0.2, 0.25) is 0 Å². The Morgan fingerprint density at radius 3 is 2.77 bits per heavy atom. The van der Waals surface area contributed by atoms with Crippen LogP contribution in [0.25, 0.3) is 11.0 Å². The molecule has 7 nitrogen and oxygen atoms in total. The van der Waals surface area contributed by atoms with E-state index in [1.807, 2.05) is 6.07 Å². The third-order valence-electron chi connectivity index (χ3n) is 3.03. The van der Waals surface area contributed by atoms with Crippen LogP contribution < -0.4 is 5.32 Å². The summed E-state index contributed by atoms with van der Waals surface area (Å²) in [6, 6.07) is 10.1. The Labute approximate surface area is 122 Å². The highest BCUT2D eigenvalue weighted by Crippen LogP contribution is 2.20. The number of halogens is 1. The third-order valence-corrected chi connectivity index (χ3v) is 3.03. The number of H-pyrrole nitrogens is 1. The van der Waals surface area contributed by atoms with Gasteiger partial charge in [-0.3, -0.25) is 20.2 Å². The van der Waals surface area contributed by atoms with Gasteiger partial charge in [0, 0.05) is 11.6 Å². The number of fused-ring (bicyclic) bond motifs is 1. The molecule has 1 heterocycles. The summed E-state index contributed by atoms with van der Waals surface area (Å²) in [6.07, 6.45) is 0. The zero-order valence-corrected chi connectivity index (χ0v) is 11.0. The zero-order valence-electron chi connectivity index (χ0n) is 11.0. The standard InChI is InChI=1S/C14H9FN4O3/c15-9-6-5-8(7-12(9)19(21)22)13(20)18-14-16-10-3-1-2-4-11(10)17-14/h1-7H,(H2,16,17,18,20). The van der Waals surface area contributed by atoms with E-state index in [-0.39, 0.29) is 11.5 Å². The number of hydrogen-bond acceptors (Lipinski definition) is 4. The van der Waals surface area contributed by atoms with Crippen molar-refractivity contribution in [2.24, 2.45) is 0 Å². The highest BCUT2D eigenvalue weighted by atomic mass is 19.1. The summed E-state index contributed by atoms with van der Waals surface area (Å²) in [6.45, 7) is 0. The molecule has 3 aromatic rings. The van der Waals surface area contributed by atoms with Gasteiger partial charge in [-0.15, -0.1) is 0 Å². The zero-order chi connectivity index (χ0) is 15.7. The minimum atomic E-state index is -0.995. The molecule has 1 amide bonds. The molecular weight excluding hydrogens is 291 g/mol. The van der Waals surface area contributed by atoms with Crippen molar-refractivity contribution < 1.29 is 14.1 Å². The first-order chi connectivity index (χ1) is 10.5. The predicted octanol–water partition coefficient (Wildman–Crippen LogP) is 2.86. The highest BCUT2D eigenvalue weighted by molar-refractivity contribution is 6.04. The van der Waals surface area contributed by atoms with E-state index in [1.165, 1.54) is 6.07 Å². The lowest BCUT2D eigenvalue weighted by atomic mass is 10.2. The molecule has 0 aliphatic heterocycles. The van der Waals surface area contributed by atoms with E-state index in [0.29, 0.717) is 5.52 Å². The molecule has 0 aliphatic rings. The van der Waals surface area contributed by atoms with Crippen LogP contribution in [-0.2, 0) is 0 Å². The minimum Gasteiger partial charge on any atom is -0.324 e. The number of aromatic nitrogens is 2. The van der Waals surface area contributed by atoms with Crippen molar-refractivity contribution in [1.82, 2.24) is 9.97 Å². The average Bonchev–Trinajstić information content (AvgIpc) is 2.89. The van der Waals surface area contributed by atoms with E-state index in [0.717, 1.165) is 17.6 Å². The number of aromatic amines is 1. The molecular formula is C14H9FN4O3. The van der Waals surface area contributed by atoms with Gasteiger partial charge < -0.3 is 4.98 Å². The summed E-state index contributed by atoms with van der Waals surface area (Å²) >= 11 is 0. The van der Waals surface area contributed by atoms with Crippen LogP contribution in [0.3, 0.4) is 0 Å². The number of para-hydroxylation sites is 2. The number of nitrogens with one attached hydrogen (secondary N) is 2. The smallest absolute Gasteiger partial charge is 0.305 e. The molecule has 110 valence electrons. The Hall–Kier alpha value is -3.29. The van der Waals surface area contributed by atoms with Gasteiger partial charge in [0.2, 0.25) is 11.8 Å². The van der Waals surface area contributed by atoms with Crippen LogP contribution in [0.5, 0.6) is 0 Å². The Kier molecular flexibility index (Phi) is 3.26. The van der Waals surface area contributed by atoms with Gasteiger partial charge in [-0.2, -0.15) is 4.39 Å². The second-order valence-electron chi connectivity index (χ2n) is 4.48. The maximum atomic E-state index is 13.3. The number of rotatable bonds is 3. The maximum Gasteiger partial charge on any atom is 0.305 e. The van der Waals surface area contributed by atoms with Crippen LogP contribution >= 0.6 is 0 Å². The summed E-state index contributed by atoms with van der Waals surface area (Å²) in [5.74, 6) is -1.41. The van der Waals surface area contributed by atoms with Gasteiger partial charge in [0.15, 0.2) is 0 Å². The van der Waals surface area contributed by atoms with Crippen LogP contribution in [0, 0.1) is 15.9 Å². The van der Waals surface area contributed by atoms with Gasteiger partial charge >= 0.3 is 5.69 Å². The number of hydrogen-bond donors (Lipinski definition) is 2. The van der Waals surface area contributed by atoms with Crippen molar-refractivity contribution in [3.8, 4) is 0 Å². The summed E-state index contributed by atoms with van der Waals surface area (Å²) < 4.78 is 13.3. The summed E-state index contributed by atoms with van der Waals surface area (Å²) in [5, 5.41) is 13.2. The fourth-order valence-electron chi connectivity index (χ4n) is 1.99. The Balaban J connectivity index is 1.88. The molecule has 1 aromatic heterocycles. The number of nitrogens with zero attached hydrogens (tertiary/aromatic N) is 2. The second-order valence-corrected chi connectivity index (χ2v) is 4.48.